The molecule has 0 bridgehead atoms. The van der Waals surface area contributed by atoms with E-state index < -0.39 is 15.8 Å². The smallest absolute Gasteiger partial charge is 0.245 e. The Balaban J connectivity index is 1.43. The van der Waals surface area contributed by atoms with Crippen LogP contribution in [0.4, 0.5) is 10.1 Å². The van der Waals surface area contributed by atoms with Crippen LogP contribution in [0.3, 0.4) is 0 Å². The monoisotopic (exact) mass is 429 g/mol. The number of nitrogens with one attached hydrogen (secondary N) is 1. The number of para-hydroxylation sites is 2. The number of hydrogen-bond acceptors (Lipinski definition) is 5. The summed E-state index contributed by atoms with van der Waals surface area (Å²) in [6, 6.07) is 12.5. The van der Waals surface area contributed by atoms with Crippen LogP contribution >= 0.6 is 0 Å². The van der Waals surface area contributed by atoms with Crippen LogP contribution in [0.1, 0.15) is 12.8 Å². The zero-order valence-electron chi connectivity index (χ0n) is 16.0. The Bertz CT molecular complexity index is 1140. The maximum atomic E-state index is 14.0. The Morgan fingerprint density at radius 3 is 2.47 bits per heavy atom. The molecule has 0 saturated carbocycles. The first kappa shape index (κ1) is 20.2. The number of carbonyl (C=O) groups is 1. The van der Waals surface area contributed by atoms with Gasteiger partial charge in [0.25, 0.3) is 0 Å². The molecule has 1 aliphatic heterocycles. The molecule has 1 aliphatic rings. The van der Waals surface area contributed by atoms with E-state index >= 15 is 0 Å². The Morgan fingerprint density at radius 1 is 1.07 bits per heavy atom. The standard InChI is InChI=1S/C20H20FN5O3S/c21-16-5-1-4-8-19(16)30(28,29)25-11-9-15(10-12-25)20(27)24-17-6-2-3-7-18(17)26-14-22-13-23-26/h1-8,13-15H,9-12H2,(H,24,27). The molecule has 30 heavy (non-hydrogen) atoms. The number of anilines is 1. The van der Waals surface area contributed by atoms with E-state index in [-0.39, 0.29) is 29.8 Å². The lowest BCUT2D eigenvalue weighted by atomic mass is 9.97. The first-order chi connectivity index (χ1) is 14.5. The fourth-order valence-electron chi connectivity index (χ4n) is 3.50. The van der Waals surface area contributed by atoms with E-state index in [4.69, 9.17) is 0 Å². The van der Waals surface area contributed by atoms with E-state index in [9.17, 15) is 17.6 Å². The van der Waals surface area contributed by atoms with Crippen LogP contribution in [0.2, 0.25) is 0 Å². The molecule has 2 aromatic carbocycles. The third-order valence-electron chi connectivity index (χ3n) is 5.11. The molecule has 8 nitrogen and oxygen atoms in total. The molecular weight excluding hydrogens is 409 g/mol. The molecule has 1 N–H and O–H groups in total. The Hall–Kier alpha value is -3.11. The van der Waals surface area contributed by atoms with Crippen molar-refractivity contribution in [2.75, 3.05) is 18.4 Å². The largest absolute Gasteiger partial charge is 0.324 e. The molecule has 3 aromatic rings. The third kappa shape index (κ3) is 3.96. The summed E-state index contributed by atoms with van der Waals surface area (Å²) in [5.74, 6) is -1.31. The second kappa shape index (κ2) is 8.33. The summed E-state index contributed by atoms with van der Waals surface area (Å²) in [4.78, 5) is 16.4. The number of amides is 1. The highest BCUT2D eigenvalue weighted by molar-refractivity contribution is 7.89. The first-order valence-electron chi connectivity index (χ1n) is 9.46. The molecule has 0 aliphatic carbocycles. The number of piperidine rings is 1. The maximum Gasteiger partial charge on any atom is 0.245 e. The Labute approximate surface area is 173 Å². The number of sulfonamides is 1. The van der Waals surface area contributed by atoms with Crippen molar-refractivity contribution in [2.45, 2.75) is 17.7 Å². The van der Waals surface area contributed by atoms with Gasteiger partial charge in [-0.25, -0.2) is 22.5 Å². The van der Waals surface area contributed by atoms with E-state index in [1.54, 1.807) is 16.8 Å². The number of aromatic nitrogens is 3. The highest BCUT2D eigenvalue weighted by atomic mass is 32.2. The van der Waals surface area contributed by atoms with E-state index in [0.717, 1.165) is 6.07 Å². The van der Waals surface area contributed by atoms with Gasteiger partial charge in [-0.3, -0.25) is 4.79 Å². The average Bonchev–Trinajstić information content (AvgIpc) is 3.29. The van der Waals surface area contributed by atoms with Gasteiger partial charge in [-0.05, 0) is 37.1 Å². The summed E-state index contributed by atoms with van der Waals surface area (Å²) < 4.78 is 42.2. The molecule has 156 valence electrons. The van der Waals surface area contributed by atoms with Crippen LogP contribution in [-0.2, 0) is 14.8 Å². The minimum absolute atomic E-state index is 0.152. The first-order valence-corrected chi connectivity index (χ1v) is 10.9. The maximum absolute atomic E-state index is 14.0. The molecule has 1 aromatic heterocycles. The van der Waals surface area contributed by atoms with Crippen LogP contribution < -0.4 is 5.32 Å². The fourth-order valence-corrected chi connectivity index (χ4v) is 5.03. The van der Waals surface area contributed by atoms with Gasteiger partial charge in [0.15, 0.2) is 0 Å². The molecule has 1 amide bonds. The molecule has 10 heteroatoms. The summed E-state index contributed by atoms with van der Waals surface area (Å²) >= 11 is 0. The fraction of sp³-hybridized carbons (Fsp3) is 0.250. The zero-order valence-corrected chi connectivity index (χ0v) is 16.8. The van der Waals surface area contributed by atoms with Crippen LogP contribution in [0.15, 0.2) is 66.1 Å². The topological polar surface area (TPSA) is 97.2 Å². The van der Waals surface area contributed by atoms with Gasteiger partial charge in [-0.2, -0.15) is 9.40 Å². The molecule has 0 atom stereocenters. The number of halogens is 1. The zero-order chi connectivity index (χ0) is 21.1. The molecule has 0 spiro atoms. The summed E-state index contributed by atoms with van der Waals surface area (Å²) in [5, 5.41) is 7.00. The van der Waals surface area contributed by atoms with Crippen LogP contribution in [0, 0.1) is 11.7 Å². The van der Waals surface area contributed by atoms with Crippen LogP contribution in [0.25, 0.3) is 5.69 Å². The Morgan fingerprint density at radius 2 is 1.77 bits per heavy atom. The highest BCUT2D eigenvalue weighted by Crippen LogP contribution is 2.27. The summed E-state index contributed by atoms with van der Waals surface area (Å²) in [6.07, 6.45) is 3.65. The van der Waals surface area contributed by atoms with Gasteiger partial charge in [0, 0.05) is 19.0 Å². The van der Waals surface area contributed by atoms with Gasteiger partial charge < -0.3 is 5.32 Å². The van der Waals surface area contributed by atoms with Crippen molar-refractivity contribution >= 4 is 21.6 Å². The minimum Gasteiger partial charge on any atom is -0.324 e. The normalized spacial score (nSPS) is 15.8. The second-order valence-corrected chi connectivity index (χ2v) is 8.86. The third-order valence-corrected chi connectivity index (χ3v) is 7.04. The van der Waals surface area contributed by atoms with Crippen molar-refractivity contribution in [1.82, 2.24) is 19.1 Å². The van der Waals surface area contributed by atoms with Gasteiger partial charge in [0.05, 0.1) is 11.4 Å². The molecule has 1 saturated heterocycles. The van der Waals surface area contributed by atoms with Gasteiger partial charge in [0.2, 0.25) is 15.9 Å². The molecule has 0 unspecified atom stereocenters. The van der Waals surface area contributed by atoms with Crippen molar-refractivity contribution in [3.05, 3.63) is 67.0 Å². The lowest BCUT2D eigenvalue weighted by molar-refractivity contribution is -0.120. The molecule has 4 rings (SSSR count). The lowest BCUT2D eigenvalue weighted by Crippen LogP contribution is -2.41. The van der Waals surface area contributed by atoms with E-state index in [0.29, 0.717) is 24.2 Å². The Kier molecular flexibility index (Phi) is 5.60. The number of carbonyl (C=O) groups excluding carboxylic acids is 1. The molecule has 2 heterocycles. The van der Waals surface area contributed by atoms with E-state index in [1.807, 2.05) is 12.1 Å². The molecule has 0 radical (unpaired) electrons. The predicted molar refractivity (Wildman–Crippen MR) is 108 cm³/mol. The predicted octanol–water partition coefficient (Wildman–Crippen LogP) is 2.45. The van der Waals surface area contributed by atoms with Crippen molar-refractivity contribution < 1.29 is 17.6 Å². The summed E-state index contributed by atoms with van der Waals surface area (Å²) in [7, 11) is -3.93. The van der Waals surface area contributed by atoms with Crippen LogP contribution in [0.5, 0.6) is 0 Å². The minimum atomic E-state index is -3.93. The quantitative estimate of drug-likeness (QED) is 0.672. The van der Waals surface area contributed by atoms with E-state index in [2.05, 4.69) is 15.4 Å². The summed E-state index contributed by atoms with van der Waals surface area (Å²) in [5.41, 5.74) is 1.28. The van der Waals surface area contributed by atoms with Crippen molar-refractivity contribution in [3.8, 4) is 5.69 Å². The van der Waals surface area contributed by atoms with Gasteiger partial charge in [-0.15, -0.1) is 0 Å². The number of benzene rings is 2. The van der Waals surface area contributed by atoms with Crippen LogP contribution in [-0.4, -0.2) is 46.5 Å². The number of rotatable bonds is 5. The second-order valence-electron chi connectivity index (χ2n) is 6.96. The van der Waals surface area contributed by atoms with Gasteiger partial charge >= 0.3 is 0 Å². The molecule has 1 fully saturated rings. The van der Waals surface area contributed by atoms with E-state index in [1.165, 1.54) is 35.2 Å². The summed E-state index contributed by atoms with van der Waals surface area (Å²) in [6.45, 7) is 0.305. The highest BCUT2D eigenvalue weighted by Gasteiger charge is 2.33. The van der Waals surface area contributed by atoms with Crippen molar-refractivity contribution in [1.29, 1.82) is 0 Å². The van der Waals surface area contributed by atoms with Crippen molar-refractivity contribution in [3.63, 3.8) is 0 Å². The van der Waals surface area contributed by atoms with Gasteiger partial charge in [-0.1, -0.05) is 24.3 Å². The SMILES string of the molecule is O=C(Nc1ccccc1-n1cncn1)C1CCN(S(=O)(=O)c2ccccc2F)CC1. The molecular formula is C20H20FN5O3S. The number of hydrogen-bond donors (Lipinski definition) is 1. The average molecular weight is 429 g/mol. The van der Waals surface area contributed by atoms with Gasteiger partial charge in [0.1, 0.15) is 23.4 Å². The number of nitrogens with zero attached hydrogens (tertiary/aromatic N) is 4. The van der Waals surface area contributed by atoms with Crippen molar-refractivity contribution in [2.24, 2.45) is 5.92 Å². The lowest BCUT2D eigenvalue weighted by Gasteiger charge is -2.30.